The second-order valence-corrected chi connectivity index (χ2v) is 6.62. The topological polar surface area (TPSA) is 67.2 Å². The van der Waals surface area contributed by atoms with Crippen molar-refractivity contribution in [1.29, 1.82) is 0 Å². The molecular formula is C19H25N3O2. The van der Waals surface area contributed by atoms with Gasteiger partial charge in [-0.1, -0.05) is 31.0 Å². The molecule has 128 valence electrons. The molecule has 0 aliphatic heterocycles. The van der Waals surface area contributed by atoms with Gasteiger partial charge in [0.15, 0.2) is 0 Å². The number of hydrogen-bond acceptors (Lipinski definition) is 3. The third-order valence-corrected chi connectivity index (χ3v) is 4.93. The van der Waals surface area contributed by atoms with E-state index in [1.165, 1.54) is 12.8 Å². The molecule has 2 aromatic rings. The van der Waals surface area contributed by atoms with Crippen molar-refractivity contribution in [1.82, 2.24) is 15.1 Å². The molecule has 1 aromatic carbocycles. The van der Waals surface area contributed by atoms with Crippen molar-refractivity contribution in [3.63, 3.8) is 0 Å². The van der Waals surface area contributed by atoms with Crippen LogP contribution < -0.4 is 5.32 Å². The molecule has 1 atom stereocenters. The van der Waals surface area contributed by atoms with Gasteiger partial charge >= 0.3 is 0 Å². The van der Waals surface area contributed by atoms with E-state index in [2.05, 4.69) is 10.4 Å². The van der Waals surface area contributed by atoms with E-state index >= 15 is 0 Å². The van der Waals surface area contributed by atoms with Gasteiger partial charge in [-0.3, -0.25) is 4.79 Å². The van der Waals surface area contributed by atoms with Crippen molar-refractivity contribution in [2.45, 2.75) is 45.6 Å². The van der Waals surface area contributed by atoms with Crippen LogP contribution in [-0.4, -0.2) is 33.4 Å². The molecule has 0 bridgehead atoms. The van der Waals surface area contributed by atoms with Crippen LogP contribution in [0.25, 0.3) is 5.69 Å². The molecular weight excluding hydrogens is 302 g/mol. The van der Waals surface area contributed by atoms with Crippen molar-refractivity contribution in [2.75, 3.05) is 6.54 Å². The third-order valence-electron chi connectivity index (χ3n) is 4.93. The lowest BCUT2D eigenvalue weighted by Gasteiger charge is -2.18. The summed E-state index contributed by atoms with van der Waals surface area (Å²) in [6, 6.07) is 9.77. The maximum Gasteiger partial charge on any atom is 0.255 e. The summed E-state index contributed by atoms with van der Waals surface area (Å²) in [4.78, 5) is 12.6. The van der Waals surface area contributed by atoms with Gasteiger partial charge in [0.25, 0.3) is 5.91 Å². The first kappa shape index (κ1) is 16.7. The number of amides is 1. The molecule has 1 aromatic heterocycles. The average Bonchev–Trinajstić information content (AvgIpc) is 3.22. The standard InChI is InChI=1S/C19H25N3O2/c1-13-18(14(2)22(21-13)16-10-4-3-5-11-16)19(24)20-12-17(23)15-8-6-7-9-15/h3-5,10-11,15,17,23H,6-9,12H2,1-2H3,(H,20,24). The first-order valence-corrected chi connectivity index (χ1v) is 8.66. The molecule has 1 unspecified atom stereocenters. The van der Waals surface area contributed by atoms with Gasteiger partial charge in [-0.25, -0.2) is 4.68 Å². The molecule has 24 heavy (non-hydrogen) atoms. The zero-order chi connectivity index (χ0) is 17.1. The quantitative estimate of drug-likeness (QED) is 0.887. The number of nitrogens with one attached hydrogen (secondary N) is 1. The van der Waals surface area contributed by atoms with E-state index < -0.39 is 6.10 Å². The van der Waals surface area contributed by atoms with Gasteiger partial charge in [0.1, 0.15) is 0 Å². The van der Waals surface area contributed by atoms with Crippen LogP contribution in [0.4, 0.5) is 0 Å². The van der Waals surface area contributed by atoms with Crippen molar-refractivity contribution in [2.24, 2.45) is 5.92 Å². The minimum atomic E-state index is -0.457. The highest BCUT2D eigenvalue weighted by Gasteiger charge is 2.25. The number of para-hydroxylation sites is 1. The van der Waals surface area contributed by atoms with E-state index in [1.807, 2.05) is 44.2 Å². The van der Waals surface area contributed by atoms with Crippen molar-refractivity contribution < 1.29 is 9.90 Å². The Kier molecular flexibility index (Phi) is 5.00. The van der Waals surface area contributed by atoms with Gasteiger partial charge < -0.3 is 10.4 Å². The summed E-state index contributed by atoms with van der Waals surface area (Å²) in [5.41, 5.74) is 3.04. The highest BCUT2D eigenvalue weighted by molar-refractivity contribution is 5.96. The number of rotatable bonds is 5. The maximum absolute atomic E-state index is 12.6. The molecule has 1 aliphatic carbocycles. The van der Waals surface area contributed by atoms with Gasteiger partial charge in [0, 0.05) is 6.54 Å². The Bertz CT molecular complexity index is 703. The summed E-state index contributed by atoms with van der Waals surface area (Å²) in [5.74, 6) is 0.156. The summed E-state index contributed by atoms with van der Waals surface area (Å²) >= 11 is 0. The second kappa shape index (κ2) is 7.18. The van der Waals surface area contributed by atoms with Gasteiger partial charge in [-0.15, -0.1) is 0 Å². The number of carbonyl (C=O) groups excluding carboxylic acids is 1. The third kappa shape index (κ3) is 3.36. The number of nitrogens with zero attached hydrogens (tertiary/aromatic N) is 2. The van der Waals surface area contributed by atoms with Crippen LogP contribution in [-0.2, 0) is 0 Å². The Balaban J connectivity index is 1.72. The molecule has 1 amide bonds. The molecule has 1 fully saturated rings. The molecule has 0 radical (unpaired) electrons. The summed E-state index contributed by atoms with van der Waals surface area (Å²) in [6.07, 6.45) is 4.01. The largest absolute Gasteiger partial charge is 0.391 e. The van der Waals surface area contributed by atoms with Crippen LogP contribution in [0.1, 0.15) is 47.4 Å². The van der Waals surface area contributed by atoms with E-state index in [-0.39, 0.29) is 5.91 Å². The lowest BCUT2D eigenvalue weighted by Crippen LogP contribution is -2.36. The van der Waals surface area contributed by atoms with Crippen LogP contribution in [0.15, 0.2) is 30.3 Å². The summed E-state index contributed by atoms with van der Waals surface area (Å²) < 4.78 is 1.79. The summed E-state index contributed by atoms with van der Waals surface area (Å²) in [7, 11) is 0. The number of hydrogen-bond donors (Lipinski definition) is 2. The second-order valence-electron chi connectivity index (χ2n) is 6.62. The van der Waals surface area contributed by atoms with Crippen LogP contribution in [0, 0.1) is 19.8 Å². The fraction of sp³-hybridized carbons (Fsp3) is 0.474. The number of aliphatic hydroxyl groups excluding tert-OH is 1. The predicted molar refractivity (Wildman–Crippen MR) is 93.3 cm³/mol. The molecule has 2 N–H and O–H groups in total. The van der Waals surface area contributed by atoms with Crippen LogP contribution >= 0.6 is 0 Å². The highest BCUT2D eigenvalue weighted by Crippen LogP contribution is 2.27. The zero-order valence-corrected chi connectivity index (χ0v) is 14.3. The smallest absolute Gasteiger partial charge is 0.255 e. The van der Waals surface area contributed by atoms with Crippen LogP contribution in [0.2, 0.25) is 0 Å². The predicted octanol–water partition coefficient (Wildman–Crippen LogP) is 2.77. The Morgan fingerprint density at radius 3 is 2.62 bits per heavy atom. The van der Waals surface area contributed by atoms with E-state index in [9.17, 15) is 9.90 Å². The Labute approximate surface area is 142 Å². The molecule has 5 nitrogen and oxygen atoms in total. The first-order chi connectivity index (χ1) is 11.6. The zero-order valence-electron chi connectivity index (χ0n) is 14.3. The number of aliphatic hydroxyl groups is 1. The normalized spacial score (nSPS) is 16.3. The number of benzene rings is 1. The number of aromatic nitrogens is 2. The van der Waals surface area contributed by atoms with Crippen molar-refractivity contribution in [3.05, 3.63) is 47.3 Å². The Morgan fingerprint density at radius 1 is 1.29 bits per heavy atom. The highest BCUT2D eigenvalue weighted by atomic mass is 16.3. The SMILES string of the molecule is Cc1nn(-c2ccccc2)c(C)c1C(=O)NCC(O)C1CCCC1. The van der Waals surface area contributed by atoms with Gasteiger partial charge in [0.05, 0.1) is 28.7 Å². The maximum atomic E-state index is 12.6. The Hall–Kier alpha value is -2.14. The monoisotopic (exact) mass is 327 g/mol. The number of carbonyl (C=O) groups is 1. The van der Waals surface area contributed by atoms with Gasteiger partial charge in [-0.05, 0) is 44.7 Å². The van der Waals surface area contributed by atoms with E-state index in [4.69, 9.17) is 0 Å². The lowest BCUT2D eigenvalue weighted by atomic mass is 10.0. The van der Waals surface area contributed by atoms with Crippen LogP contribution in [0.3, 0.4) is 0 Å². The fourth-order valence-electron chi connectivity index (χ4n) is 3.59. The van der Waals surface area contributed by atoms with Crippen LogP contribution in [0.5, 0.6) is 0 Å². The molecule has 0 spiro atoms. The minimum Gasteiger partial charge on any atom is -0.391 e. The van der Waals surface area contributed by atoms with E-state index in [1.54, 1.807) is 4.68 Å². The lowest BCUT2D eigenvalue weighted by molar-refractivity contribution is 0.0839. The molecule has 5 heteroatoms. The fourth-order valence-corrected chi connectivity index (χ4v) is 3.59. The van der Waals surface area contributed by atoms with Crippen molar-refractivity contribution >= 4 is 5.91 Å². The summed E-state index contributed by atoms with van der Waals surface area (Å²) in [5, 5.41) is 17.6. The molecule has 3 rings (SSSR count). The van der Waals surface area contributed by atoms with E-state index in [0.29, 0.717) is 23.7 Å². The molecule has 1 saturated carbocycles. The van der Waals surface area contributed by atoms with Crippen molar-refractivity contribution in [3.8, 4) is 5.69 Å². The summed E-state index contributed by atoms with van der Waals surface area (Å²) in [6.45, 7) is 4.04. The van der Waals surface area contributed by atoms with Gasteiger partial charge in [-0.2, -0.15) is 5.10 Å². The average molecular weight is 327 g/mol. The first-order valence-electron chi connectivity index (χ1n) is 8.66. The molecule has 1 heterocycles. The molecule has 0 saturated heterocycles. The van der Waals surface area contributed by atoms with Gasteiger partial charge in [0.2, 0.25) is 0 Å². The minimum absolute atomic E-state index is 0.163. The molecule has 1 aliphatic rings. The Morgan fingerprint density at radius 2 is 1.96 bits per heavy atom. The van der Waals surface area contributed by atoms with E-state index in [0.717, 1.165) is 24.2 Å². The number of aryl methyl sites for hydroxylation is 1.